The molecule has 3 N–H and O–H groups in total. The first-order valence-electron chi connectivity index (χ1n) is 15.0. The molecule has 0 radical (unpaired) electrons. The number of hydrogen-bond acceptors (Lipinski definition) is 8. The lowest BCUT2D eigenvalue weighted by Gasteiger charge is -2.36. The third kappa shape index (κ3) is 8.88. The summed E-state index contributed by atoms with van der Waals surface area (Å²) in [6, 6.07) is 31.0. The normalized spacial score (nSPS) is 18.3. The Balaban J connectivity index is 1.26. The molecular weight excluding hydrogens is 604 g/mol. The molecule has 10 heteroatoms. The number of nitrogens with one attached hydrogen (secondary N) is 2. The first kappa shape index (κ1) is 33.0. The number of carbonyl (C=O) groups is 2. The summed E-state index contributed by atoms with van der Waals surface area (Å²) < 4.78 is 23.3. The first-order valence-corrected chi connectivity index (χ1v) is 16.0. The number of methoxy groups -OCH3 is 2. The number of thioether (sulfide) groups is 1. The van der Waals surface area contributed by atoms with Crippen molar-refractivity contribution in [2.24, 2.45) is 0 Å². The molecule has 1 saturated heterocycles. The second-order valence-electron chi connectivity index (χ2n) is 10.8. The van der Waals surface area contributed by atoms with Crippen LogP contribution >= 0.6 is 11.8 Å². The van der Waals surface area contributed by atoms with Crippen molar-refractivity contribution in [3.8, 4) is 5.75 Å². The predicted molar refractivity (Wildman–Crippen MR) is 177 cm³/mol. The molecule has 0 aromatic heterocycles. The zero-order valence-corrected chi connectivity index (χ0v) is 26.6. The van der Waals surface area contributed by atoms with Gasteiger partial charge in [0.05, 0.1) is 33.0 Å². The number of benzene rings is 4. The van der Waals surface area contributed by atoms with Gasteiger partial charge >= 0.3 is 12.0 Å². The Kier molecular flexibility index (Phi) is 11.7. The van der Waals surface area contributed by atoms with Crippen molar-refractivity contribution >= 4 is 29.4 Å². The number of aliphatic hydroxyl groups is 1. The molecule has 0 unspecified atom stereocenters. The molecule has 5 rings (SSSR count). The number of aliphatic hydroxyl groups excluding tert-OH is 1. The Labute approximate surface area is 273 Å². The van der Waals surface area contributed by atoms with E-state index in [1.165, 1.54) is 7.11 Å². The van der Waals surface area contributed by atoms with Crippen LogP contribution in [0.15, 0.2) is 108 Å². The van der Waals surface area contributed by atoms with Crippen LogP contribution in [0.1, 0.15) is 41.1 Å². The Bertz CT molecular complexity index is 1570. The summed E-state index contributed by atoms with van der Waals surface area (Å²) in [6.45, 7) is -0.0233. The second kappa shape index (κ2) is 16.3. The van der Waals surface area contributed by atoms with Crippen LogP contribution in [0.3, 0.4) is 0 Å². The first-order chi connectivity index (χ1) is 22.4. The fourth-order valence-corrected chi connectivity index (χ4v) is 6.23. The molecule has 240 valence electrons. The monoisotopic (exact) mass is 642 g/mol. The largest absolute Gasteiger partial charge is 0.496 e. The lowest BCUT2D eigenvalue weighted by atomic mass is 10.0. The van der Waals surface area contributed by atoms with Crippen LogP contribution in [0, 0.1) is 0 Å². The van der Waals surface area contributed by atoms with Gasteiger partial charge in [0.2, 0.25) is 0 Å². The van der Waals surface area contributed by atoms with Crippen molar-refractivity contribution in [2.45, 2.75) is 48.9 Å². The molecular formula is C36H38N2O7S. The highest BCUT2D eigenvalue weighted by molar-refractivity contribution is 7.99. The maximum Gasteiger partial charge on any atom is 0.328 e. The summed E-state index contributed by atoms with van der Waals surface area (Å²) in [4.78, 5) is 26.2. The van der Waals surface area contributed by atoms with Gasteiger partial charge in [0, 0.05) is 34.7 Å². The number of ether oxygens (including phenoxy) is 4. The Hall–Kier alpha value is -4.35. The average molecular weight is 643 g/mol. The molecule has 1 heterocycles. The van der Waals surface area contributed by atoms with E-state index in [9.17, 15) is 14.7 Å². The molecule has 0 bridgehead atoms. The number of hydrogen-bond donors (Lipinski definition) is 3. The van der Waals surface area contributed by atoms with E-state index in [1.54, 1.807) is 31.0 Å². The van der Waals surface area contributed by atoms with Crippen molar-refractivity contribution in [1.82, 2.24) is 5.32 Å². The van der Waals surface area contributed by atoms with Gasteiger partial charge in [-0.25, -0.2) is 9.59 Å². The highest BCUT2D eigenvalue weighted by Crippen LogP contribution is 2.40. The Morgan fingerprint density at radius 1 is 0.870 bits per heavy atom. The maximum absolute atomic E-state index is 12.8. The molecule has 0 saturated carbocycles. The summed E-state index contributed by atoms with van der Waals surface area (Å²) in [5.74, 6) is 0.979. The fourth-order valence-electron chi connectivity index (χ4n) is 5.18. The third-order valence-electron chi connectivity index (χ3n) is 7.62. The van der Waals surface area contributed by atoms with Crippen LogP contribution in [0.5, 0.6) is 5.75 Å². The van der Waals surface area contributed by atoms with Gasteiger partial charge in [-0.1, -0.05) is 78.9 Å². The quantitative estimate of drug-likeness (QED) is 0.120. The highest BCUT2D eigenvalue weighted by atomic mass is 32.2. The van der Waals surface area contributed by atoms with Crippen molar-refractivity contribution in [3.63, 3.8) is 0 Å². The molecule has 1 aliphatic rings. The van der Waals surface area contributed by atoms with Gasteiger partial charge in [-0.15, -0.1) is 11.8 Å². The molecule has 46 heavy (non-hydrogen) atoms. The van der Waals surface area contributed by atoms with Gasteiger partial charge in [-0.2, -0.15) is 0 Å². The lowest BCUT2D eigenvalue weighted by molar-refractivity contribution is -0.245. The van der Waals surface area contributed by atoms with Crippen LogP contribution in [-0.4, -0.2) is 49.2 Å². The number of para-hydroxylation sites is 1. The molecule has 4 aromatic carbocycles. The predicted octanol–water partition coefficient (Wildman–Crippen LogP) is 6.43. The van der Waals surface area contributed by atoms with E-state index in [0.717, 1.165) is 32.9 Å². The topological polar surface area (TPSA) is 115 Å². The van der Waals surface area contributed by atoms with Crippen LogP contribution < -0.4 is 15.4 Å². The van der Waals surface area contributed by atoms with E-state index >= 15 is 0 Å². The van der Waals surface area contributed by atoms with Crippen molar-refractivity contribution in [3.05, 3.63) is 125 Å². The lowest BCUT2D eigenvalue weighted by Crippen LogP contribution is -2.45. The van der Waals surface area contributed by atoms with Crippen molar-refractivity contribution < 1.29 is 33.6 Å². The number of urea groups is 1. The number of amides is 2. The van der Waals surface area contributed by atoms with Gasteiger partial charge in [0.1, 0.15) is 11.8 Å². The maximum atomic E-state index is 12.8. The van der Waals surface area contributed by atoms with Gasteiger partial charge in [0.15, 0.2) is 6.29 Å². The standard InChI is InChI=1S/C36H38N2O7S/c1-42-31-10-6-7-11-33(31)46-23-29-21-32(26-14-12-25(22-39)13-15-26)45-35(44-29)27-16-18-28(19-17-27)37-36(41)38-30(34(40)43-2)20-24-8-4-3-5-9-24/h3-19,29-30,32,35,39H,20-23H2,1-2H3,(H2,37,38,41)/t29-,30+,32+,35+/m1/s1. The van der Waals surface area contributed by atoms with Gasteiger partial charge in [-0.05, 0) is 41.0 Å². The number of carbonyl (C=O) groups excluding carboxylic acids is 2. The summed E-state index contributed by atoms with van der Waals surface area (Å²) in [5, 5.41) is 15.0. The number of esters is 1. The molecule has 4 aromatic rings. The minimum atomic E-state index is -0.843. The second-order valence-corrected chi connectivity index (χ2v) is 11.9. The van der Waals surface area contributed by atoms with E-state index in [2.05, 4.69) is 10.6 Å². The smallest absolute Gasteiger partial charge is 0.328 e. The summed E-state index contributed by atoms with van der Waals surface area (Å²) >= 11 is 1.67. The minimum Gasteiger partial charge on any atom is -0.496 e. The summed E-state index contributed by atoms with van der Waals surface area (Å²) in [7, 11) is 2.96. The molecule has 1 fully saturated rings. The van der Waals surface area contributed by atoms with Crippen LogP contribution in [0.25, 0.3) is 0 Å². The molecule has 9 nitrogen and oxygen atoms in total. The van der Waals surface area contributed by atoms with E-state index in [4.69, 9.17) is 18.9 Å². The number of rotatable bonds is 12. The average Bonchev–Trinajstić information content (AvgIpc) is 3.10. The van der Waals surface area contributed by atoms with E-state index in [-0.39, 0.29) is 18.8 Å². The highest BCUT2D eigenvalue weighted by Gasteiger charge is 2.32. The Morgan fingerprint density at radius 3 is 2.26 bits per heavy atom. The third-order valence-corrected chi connectivity index (χ3v) is 8.81. The molecule has 2 amide bonds. The molecule has 1 aliphatic heterocycles. The van der Waals surface area contributed by atoms with Crippen LogP contribution in [0.2, 0.25) is 0 Å². The van der Waals surface area contributed by atoms with Crippen molar-refractivity contribution in [2.75, 3.05) is 25.3 Å². The van der Waals surface area contributed by atoms with E-state index in [0.29, 0.717) is 24.3 Å². The summed E-state index contributed by atoms with van der Waals surface area (Å²) in [6.07, 6.45) is -0.0346. The van der Waals surface area contributed by atoms with Gasteiger partial charge in [-0.3, -0.25) is 0 Å². The molecule has 0 spiro atoms. The SMILES string of the molecule is COC(=O)[C@H](Cc1ccccc1)NC(=O)Nc1ccc([C@H]2O[C@@H](CSc3ccccc3OC)C[C@@H](c3ccc(CO)cc3)O2)cc1. The zero-order chi connectivity index (χ0) is 32.3. The van der Waals surface area contributed by atoms with Crippen LogP contribution in [0.4, 0.5) is 10.5 Å². The minimum absolute atomic E-state index is 0.0233. The number of anilines is 1. The van der Waals surface area contributed by atoms with E-state index in [1.807, 2.05) is 91.0 Å². The van der Waals surface area contributed by atoms with Gasteiger partial charge in [0.25, 0.3) is 0 Å². The summed E-state index contributed by atoms with van der Waals surface area (Å²) in [5.41, 5.74) is 4.08. The Morgan fingerprint density at radius 2 is 1.57 bits per heavy atom. The van der Waals surface area contributed by atoms with Crippen molar-refractivity contribution in [1.29, 1.82) is 0 Å². The molecule has 0 aliphatic carbocycles. The molecule has 4 atom stereocenters. The van der Waals surface area contributed by atoms with Crippen LogP contribution in [-0.2, 0) is 32.0 Å². The fraction of sp³-hybridized carbons (Fsp3) is 0.278. The van der Waals surface area contributed by atoms with E-state index < -0.39 is 24.3 Å². The van der Waals surface area contributed by atoms with Gasteiger partial charge < -0.3 is 34.7 Å². The zero-order valence-electron chi connectivity index (χ0n) is 25.8.